The average molecular weight is 381 g/mol. The Morgan fingerprint density at radius 2 is 2.12 bits per heavy atom. The lowest BCUT2D eigenvalue weighted by Crippen LogP contribution is -2.40. The molecule has 1 fully saturated rings. The molecule has 4 N–H and O–H groups in total. The number of carbonyl (C=O) groups excluding carboxylic acids is 1. The van der Waals surface area contributed by atoms with Crippen molar-refractivity contribution < 1.29 is 4.79 Å². The van der Waals surface area contributed by atoms with Crippen molar-refractivity contribution in [2.75, 3.05) is 6.54 Å². The molecule has 1 heterocycles. The minimum Gasteiger partial charge on any atom is -0.348 e. The molecule has 0 saturated heterocycles. The van der Waals surface area contributed by atoms with Crippen LogP contribution in [0.1, 0.15) is 68.3 Å². The van der Waals surface area contributed by atoms with Crippen LogP contribution in [0.15, 0.2) is 23.0 Å². The van der Waals surface area contributed by atoms with E-state index in [0.29, 0.717) is 12.1 Å². The van der Waals surface area contributed by atoms with Gasteiger partial charge in [0.15, 0.2) is 0 Å². The SMILES string of the molecule is CCCCC(CN)NC(=O)c1ccc2c(c1)[nH]c(=O)n2C1CCCC1.Cl. The average Bonchev–Trinajstić information content (AvgIpc) is 3.23. The number of aromatic nitrogens is 2. The third-order valence-electron chi connectivity index (χ3n) is 5.19. The normalized spacial score (nSPS) is 15.8. The third kappa shape index (κ3) is 4.30. The standard InChI is InChI=1S/C19H28N4O2.ClH/c1-2-3-6-14(12-20)21-18(24)13-9-10-17-16(11-13)22-19(25)23(17)15-7-4-5-8-15;/h9-11,14-15H,2-8,12,20H2,1H3,(H,21,24)(H,22,25);1H. The lowest BCUT2D eigenvalue weighted by Gasteiger charge is -2.16. The Hall–Kier alpha value is -1.79. The fourth-order valence-electron chi connectivity index (χ4n) is 3.77. The van der Waals surface area contributed by atoms with E-state index >= 15 is 0 Å². The molecule has 0 radical (unpaired) electrons. The van der Waals surface area contributed by atoms with Crippen molar-refractivity contribution in [3.05, 3.63) is 34.2 Å². The number of rotatable bonds is 7. The van der Waals surface area contributed by atoms with Crippen LogP contribution in [0.4, 0.5) is 0 Å². The smallest absolute Gasteiger partial charge is 0.326 e. The molecule has 2 aromatic rings. The topological polar surface area (TPSA) is 92.9 Å². The minimum atomic E-state index is -0.136. The molecule has 1 aliphatic rings. The molecule has 26 heavy (non-hydrogen) atoms. The Balaban J connectivity index is 0.00000243. The lowest BCUT2D eigenvalue weighted by atomic mass is 10.1. The summed E-state index contributed by atoms with van der Waals surface area (Å²) in [6, 6.07) is 5.71. The van der Waals surface area contributed by atoms with Gasteiger partial charge in [-0.15, -0.1) is 12.4 Å². The highest BCUT2D eigenvalue weighted by molar-refractivity contribution is 5.97. The Morgan fingerprint density at radius 1 is 1.38 bits per heavy atom. The summed E-state index contributed by atoms with van der Waals surface area (Å²) in [6.07, 6.45) is 7.43. The molecule has 144 valence electrons. The van der Waals surface area contributed by atoms with Gasteiger partial charge in [0.2, 0.25) is 0 Å². The van der Waals surface area contributed by atoms with E-state index in [-0.39, 0.29) is 36.1 Å². The first kappa shape index (κ1) is 20.5. The van der Waals surface area contributed by atoms with E-state index in [0.717, 1.165) is 43.1 Å². The highest BCUT2D eigenvalue weighted by Gasteiger charge is 2.21. The maximum absolute atomic E-state index is 12.5. The molecule has 0 bridgehead atoms. The van der Waals surface area contributed by atoms with Gasteiger partial charge in [-0.2, -0.15) is 0 Å². The predicted molar refractivity (Wildman–Crippen MR) is 107 cm³/mol. The van der Waals surface area contributed by atoms with E-state index < -0.39 is 0 Å². The Kier molecular flexibility index (Phi) is 7.29. The molecule has 0 spiro atoms. The Labute approximate surface area is 159 Å². The van der Waals surface area contributed by atoms with Crippen molar-refractivity contribution in [1.82, 2.24) is 14.9 Å². The molecule has 1 unspecified atom stereocenters. The number of aromatic amines is 1. The van der Waals surface area contributed by atoms with Crippen LogP contribution in [0.3, 0.4) is 0 Å². The van der Waals surface area contributed by atoms with Gasteiger partial charge in [0, 0.05) is 24.2 Å². The number of nitrogens with zero attached hydrogens (tertiary/aromatic N) is 1. The van der Waals surface area contributed by atoms with Crippen LogP contribution in [-0.4, -0.2) is 28.0 Å². The van der Waals surface area contributed by atoms with Gasteiger partial charge in [-0.25, -0.2) is 4.79 Å². The highest BCUT2D eigenvalue weighted by Crippen LogP contribution is 2.30. The molecule has 6 nitrogen and oxygen atoms in total. The molecule has 3 rings (SSSR count). The lowest BCUT2D eigenvalue weighted by molar-refractivity contribution is 0.0936. The van der Waals surface area contributed by atoms with E-state index in [2.05, 4.69) is 17.2 Å². The molecule has 1 aromatic carbocycles. The summed E-state index contributed by atoms with van der Waals surface area (Å²) in [5, 5.41) is 3.00. The summed E-state index contributed by atoms with van der Waals surface area (Å²) < 4.78 is 1.86. The van der Waals surface area contributed by atoms with E-state index in [4.69, 9.17) is 5.73 Å². The second-order valence-electron chi connectivity index (χ2n) is 7.02. The fourth-order valence-corrected chi connectivity index (χ4v) is 3.77. The Morgan fingerprint density at radius 3 is 2.77 bits per heavy atom. The quantitative estimate of drug-likeness (QED) is 0.688. The molecular weight excluding hydrogens is 352 g/mol. The van der Waals surface area contributed by atoms with Crippen LogP contribution in [0, 0.1) is 0 Å². The molecule has 0 aliphatic heterocycles. The number of imidazole rings is 1. The number of fused-ring (bicyclic) bond motifs is 1. The van der Waals surface area contributed by atoms with Crippen molar-refractivity contribution in [1.29, 1.82) is 0 Å². The van der Waals surface area contributed by atoms with Gasteiger partial charge in [0.1, 0.15) is 0 Å². The molecule has 1 aliphatic carbocycles. The molecular formula is C19H29ClN4O2. The van der Waals surface area contributed by atoms with Crippen LogP contribution >= 0.6 is 12.4 Å². The summed E-state index contributed by atoms with van der Waals surface area (Å²) in [7, 11) is 0. The van der Waals surface area contributed by atoms with Crippen LogP contribution < -0.4 is 16.7 Å². The number of nitrogens with two attached hydrogens (primary N) is 1. The second-order valence-corrected chi connectivity index (χ2v) is 7.02. The third-order valence-corrected chi connectivity index (χ3v) is 5.19. The van der Waals surface area contributed by atoms with Gasteiger partial charge in [-0.05, 0) is 37.5 Å². The number of unbranched alkanes of at least 4 members (excludes halogenated alkanes) is 1. The van der Waals surface area contributed by atoms with E-state index in [1.54, 1.807) is 12.1 Å². The number of carbonyl (C=O) groups is 1. The number of nitrogens with one attached hydrogen (secondary N) is 2. The largest absolute Gasteiger partial charge is 0.348 e. The van der Waals surface area contributed by atoms with Gasteiger partial charge >= 0.3 is 5.69 Å². The molecule has 7 heteroatoms. The summed E-state index contributed by atoms with van der Waals surface area (Å²) in [5.74, 6) is -0.136. The number of hydrogen-bond acceptors (Lipinski definition) is 3. The van der Waals surface area contributed by atoms with E-state index in [1.807, 2.05) is 10.6 Å². The van der Waals surface area contributed by atoms with Crippen molar-refractivity contribution >= 4 is 29.3 Å². The van der Waals surface area contributed by atoms with Crippen molar-refractivity contribution in [2.24, 2.45) is 5.73 Å². The summed E-state index contributed by atoms with van der Waals surface area (Å²) in [5.41, 5.74) is 7.84. The summed E-state index contributed by atoms with van der Waals surface area (Å²) >= 11 is 0. The number of H-pyrrole nitrogens is 1. The van der Waals surface area contributed by atoms with Crippen LogP contribution in [0.5, 0.6) is 0 Å². The monoisotopic (exact) mass is 380 g/mol. The number of benzene rings is 1. The number of amides is 1. The predicted octanol–water partition coefficient (Wildman–Crippen LogP) is 3.11. The van der Waals surface area contributed by atoms with Gasteiger partial charge in [-0.1, -0.05) is 32.6 Å². The number of hydrogen-bond donors (Lipinski definition) is 3. The molecule has 1 amide bonds. The second kappa shape index (κ2) is 9.24. The van der Waals surface area contributed by atoms with E-state index in [9.17, 15) is 9.59 Å². The minimum absolute atomic E-state index is 0. The van der Waals surface area contributed by atoms with Gasteiger partial charge in [0.05, 0.1) is 11.0 Å². The van der Waals surface area contributed by atoms with Gasteiger partial charge in [0.25, 0.3) is 5.91 Å². The van der Waals surface area contributed by atoms with E-state index in [1.165, 1.54) is 12.8 Å². The maximum Gasteiger partial charge on any atom is 0.326 e. The van der Waals surface area contributed by atoms with Crippen molar-refractivity contribution in [3.63, 3.8) is 0 Å². The first-order valence-corrected chi connectivity index (χ1v) is 9.39. The zero-order valence-electron chi connectivity index (χ0n) is 15.3. The molecule has 1 aromatic heterocycles. The molecule has 1 atom stereocenters. The van der Waals surface area contributed by atoms with Crippen LogP contribution in [0.25, 0.3) is 11.0 Å². The number of halogens is 1. The summed E-state index contributed by atoms with van der Waals surface area (Å²) in [6.45, 7) is 2.55. The van der Waals surface area contributed by atoms with Gasteiger partial charge in [-0.3, -0.25) is 9.36 Å². The van der Waals surface area contributed by atoms with Crippen LogP contribution in [0.2, 0.25) is 0 Å². The first-order valence-electron chi connectivity index (χ1n) is 9.39. The fraction of sp³-hybridized carbons (Fsp3) is 0.579. The Bertz CT molecular complexity index is 792. The highest BCUT2D eigenvalue weighted by atomic mass is 35.5. The zero-order valence-corrected chi connectivity index (χ0v) is 16.1. The van der Waals surface area contributed by atoms with Gasteiger partial charge < -0.3 is 16.0 Å². The molecule has 1 saturated carbocycles. The van der Waals surface area contributed by atoms with Crippen molar-refractivity contribution in [3.8, 4) is 0 Å². The summed E-state index contributed by atoms with van der Waals surface area (Å²) in [4.78, 5) is 27.7. The maximum atomic E-state index is 12.5. The zero-order chi connectivity index (χ0) is 17.8. The van der Waals surface area contributed by atoms with Crippen molar-refractivity contribution in [2.45, 2.75) is 64.0 Å². The van der Waals surface area contributed by atoms with Crippen LogP contribution in [-0.2, 0) is 0 Å². The first-order chi connectivity index (χ1) is 12.1.